The van der Waals surface area contributed by atoms with E-state index in [1.54, 1.807) is 0 Å². The molecule has 0 unspecified atom stereocenters. The molecule has 5 nitrogen and oxygen atoms in total. The first kappa shape index (κ1) is 22.3. The molecule has 0 N–H and O–H groups in total. The van der Waals surface area contributed by atoms with Gasteiger partial charge in [0.05, 0.1) is 11.1 Å². The van der Waals surface area contributed by atoms with Crippen LogP contribution in [0, 0.1) is 10.2 Å². The lowest BCUT2D eigenvalue weighted by atomic mass is 10.0. The molecule has 28 heavy (non-hydrogen) atoms. The molecule has 148 valence electrons. The number of aryl methyl sites for hydroxylation is 1. The first-order valence-corrected chi connectivity index (χ1v) is 10.4. The molecule has 0 aliphatic carbocycles. The molecule has 0 atom stereocenters. The summed E-state index contributed by atoms with van der Waals surface area (Å²) in [6, 6.07) is 24.8. The van der Waals surface area contributed by atoms with Crippen LogP contribution in [0.1, 0.15) is 18.4 Å². The first-order valence-electron chi connectivity index (χ1n) is 8.62. The van der Waals surface area contributed by atoms with Gasteiger partial charge in [0.25, 0.3) is 0 Å². The highest BCUT2D eigenvalue weighted by Crippen LogP contribution is 2.28. The number of hydrogen-bond donors (Lipinski definition) is 0. The fourth-order valence-corrected chi connectivity index (χ4v) is 2.80. The number of alkyl halides is 1. The molecule has 7 heteroatoms. The molecule has 0 bridgehead atoms. The summed E-state index contributed by atoms with van der Waals surface area (Å²) in [6.45, 7) is 0. The van der Waals surface area contributed by atoms with Crippen molar-refractivity contribution in [2.24, 2.45) is 0 Å². The molecular weight excluding hydrogens is 403 g/mol. The van der Waals surface area contributed by atoms with E-state index in [4.69, 9.17) is 34.7 Å². The fraction of sp³-hybridized carbons (Fsp3) is 0.190. The van der Waals surface area contributed by atoms with Crippen LogP contribution in [-0.2, 0) is 6.42 Å². The maximum atomic E-state index is 8.49. The van der Waals surface area contributed by atoms with E-state index in [9.17, 15) is 0 Å². The zero-order valence-electron chi connectivity index (χ0n) is 15.1. The first-order chi connectivity index (χ1) is 13.4. The molecular formula is C21H20Cl2O5. The Morgan fingerprint density at radius 2 is 1.14 bits per heavy atom. The number of hydrogen-bond acceptors (Lipinski definition) is 4. The molecule has 0 saturated carbocycles. The zero-order chi connectivity index (χ0) is 20.4. The molecule has 0 aliphatic heterocycles. The molecule has 1 aromatic heterocycles. The standard InChI is InChI=1S/C21H20ClO.ClHO4/c22-14-8-7-9-17-15-20(18-10-3-1-4-11-18)23-21(16-17)19-12-5-2-6-13-19;2-1(3,4)5/h1-6,10-13,15-16H,7-9,14H2;(H,2,3,4,5)/q+1;/p-1. The second-order valence-corrected chi connectivity index (χ2v) is 7.08. The van der Waals surface area contributed by atoms with Crippen LogP contribution in [0.15, 0.2) is 77.2 Å². The Morgan fingerprint density at radius 3 is 1.54 bits per heavy atom. The molecule has 0 spiro atoms. The van der Waals surface area contributed by atoms with Gasteiger partial charge in [-0.3, -0.25) is 0 Å². The predicted octanol–water partition coefficient (Wildman–Crippen LogP) is 1.70. The summed E-state index contributed by atoms with van der Waals surface area (Å²) < 4.78 is 40.1. The molecule has 3 rings (SSSR count). The number of benzene rings is 2. The van der Waals surface area contributed by atoms with Crippen LogP contribution in [0.5, 0.6) is 0 Å². The van der Waals surface area contributed by atoms with E-state index in [2.05, 4.69) is 36.4 Å². The van der Waals surface area contributed by atoms with Gasteiger partial charge in [-0.2, -0.15) is 0 Å². The smallest absolute Gasteiger partial charge is 0.222 e. The SMILES string of the molecule is ClCCCCc1cc(-c2ccccc2)[o+]c(-c2ccccc2)c1.[O-][Cl+3]([O-])([O-])[O-]. The summed E-state index contributed by atoms with van der Waals surface area (Å²) in [5, 5.41) is 0. The highest BCUT2D eigenvalue weighted by Gasteiger charge is 2.19. The molecule has 0 aliphatic rings. The predicted molar refractivity (Wildman–Crippen MR) is 97.6 cm³/mol. The largest absolute Gasteiger partial charge is 0.361 e. The summed E-state index contributed by atoms with van der Waals surface area (Å²) in [5.74, 6) is 2.54. The fourth-order valence-electron chi connectivity index (χ4n) is 2.61. The molecule has 2 aromatic carbocycles. The van der Waals surface area contributed by atoms with Gasteiger partial charge in [0.1, 0.15) is 0 Å². The van der Waals surface area contributed by atoms with Crippen LogP contribution in [0.2, 0.25) is 0 Å². The summed E-state index contributed by atoms with van der Waals surface area (Å²) in [5.41, 5.74) is 3.49. The second-order valence-electron chi connectivity index (χ2n) is 5.95. The summed E-state index contributed by atoms with van der Waals surface area (Å²) in [4.78, 5) is 0. The van der Waals surface area contributed by atoms with Crippen LogP contribution < -0.4 is 18.6 Å². The van der Waals surface area contributed by atoms with E-state index < -0.39 is 10.2 Å². The average Bonchev–Trinajstić information content (AvgIpc) is 2.68. The molecule has 3 aromatic rings. The Kier molecular flexibility index (Phi) is 8.86. The van der Waals surface area contributed by atoms with E-state index in [1.807, 2.05) is 36.4 Å². The van der Waals surface area contributed by atoms with Crippen molar-refractivity contribution in [3.8, 4) is 22.6 Å². The minimum Gasteiger partial charge on any atom is -0.222 e. The Labute approximate surface area is 171 Å². The lowest BCUT2D eigenvalue weighted by Gasteiger charge is -2.17. The molecule has 0 radical (unpaired) electrons. The van der Waals surface area contributed by atoms with E-state index in [1.165, 1.54) is 5.56 Å². The highest BCUT2D eigenvalue weighted by molar-refractivity contribution is 6.17. The van der Waals surface area contributed by atoms with Crippen LogP contribution in [0.4, 0.5) is 0 Å². The summed E-state index contributed by atoms with van der Waals surface area (Å²) in [6.07, 6.45) is 3.15. The van der Waals surface area contributed by atoms with Crippen molar-refractivity contribution >= 4 is 11.6 Å². The van der Waals surface area contributed by atoms with Crippen molar-refractivity contribution in [3.05, 3.63) is 78.4 Å². The monoisotopic (exact) mass is 422 g/mol. The van der Waals surface area contributed by atoms with Gasteiger partial charge in [0.15, 0.2) is 0 Å². The number of unbranched alkanes of at least 4 members (excludes halogenated alkanes) is 1. The number of halogens is 2. The number of rotatable bonds is 6. The van der Waals surface area contributed by atoms with Crippen molar-refractivity contribution in [3.63, 3.8) is 0 Å². The topological polar surface area (TPSA) is 104 Å². The quantitative estimate of drug-likeness (QED) is 0.341. The third kappa shape index (κ3) is 8.35. The maximum absolute atomic E-state index is 8.49. The summed E-state index contributed by atoms with van der Waals surface area (Å²) in [7, 11) is -4.94. The average molecular weight is 423 g/mol. The molecule has 0 saturated heterocycles. The zero-order valence-corrected chi connectivity index (χ0v) is 16.6. The van der Waals surface area contributed by atoms with Crippen molar-refractivity contribution in [2.45, 2.75) is 19.3 Å². The maximum Gasteiger partial charge on any atom is 0.361 e. The van der Waals surface area contributed by atoms with E-state index >= 15 is 0 Å². The van der Waals surface area contributed by atoms with Crippen LogP contribution in [-0.4, -0.2) is 5.88 Å². The Bertz CT molecular complexity index is 773. The van der Waals surface area contributed by atoms with Crippen molar-refractivity contribution in [1.82, 2.24) is 0 Å². The van der Waals surface area contributed by atoms with E-state index in [0.717, 1.165) is 41.9 Å². The van der Waals surface area contributed by atoms with Gasteiger partial charge in [-0.05, 0) is 49.1 Å². The normalized spacial score (nSPS) is 10.9. The van der Waals surface area contributed by atoms with Gasteiger partial charge in [-0.25, -0.2) is 23.1 Å². The van der Waals surface area contributed by atoms with Gasteiger partial charge in [-0.1, -0.05) is 36.4 Å². The highest BCUT2D eigenvalue weighted by atomic mass is 35.7. The van der Waals surface area contributed by atoms with Crippen LogP contribution >= 0.6 is 11.6 Å². The lowest BCUT2D eigenvalue weighted by Crippen LogP contribution is -2.68. The van der Waals surface area contributed by atoms with Gasteiger partial charge in [0, 0.05) is 18.0 Å². The third-order valence-electron chi connectivity index (χ3n) is 3.82. The Balaban J connectivity index is 0.000000500. The van der Waals surface area contributed by atoms with Gasteiger partial charge in [0.2, 0.25) is 0 Å². The minimum atomic E-state index is -4.94. The molecule has 0 amide bonds. The molecule has 0 fully saturated rings. The van der Waals surface area contributed by atoms with Crippen molar-refractivity contribution < 1.29 is 33.3 Å². The van der Waals surface area contributed by atoms with Crippen molar-refractivity contribution in [1.29, 1.82) is 0 Å². The van der Waals surface area contributed by atoms with Crippen molar-refractivity contribution in [2.75, 3.05) is 5.88 Å². The lowest BCUT2D eigenvalue weighted by molar-refractivity contribution is -2.00. The second kappa shape index (κ2) is 11.1. The van der Waals surface area contributed by atoms with Gasteiger partial charge in [-0.15, -0.1) is 21.8 Å². The molecule has 1 heterocycles. The Morgan fingerprint density at radius 1 is 0.714 bits per heavy atom. The van der Waals surface area contributed by atoms with Gasteiger partial charge >= 0.3 is 11.5 Å². The summed E-state index contributed by atoms with van der Waals surface area (Å²) >= 11 is 5.80. The van der Waals surface area contributed by atoms with Gasteiger partial charge < -0.3 is 0 Å². The van der Waals surface area contributed by atoms with E-state index in [-0.39, 0.29) is 0 Å². The van der Waals surface area contributed by atoms with E-state index in [0.29, 0.717) is 5.88 Å². The third-order valence-corrected chi connectivity index (χ3v) is 4.09. The Hall–Kier alpha value is -1.99. The van der Waals surface area contributed by atoms with Crippen LogP contribution in [0.25, 0.3) is 22.6 Å². The van der Waals surface area contributed by atoms with Crippen LogP contribution in [0.3, 0.4) is 0 Å². The minimum absolute atomic E-state index is 0.717.